The summed E-state index contributed by atoms with van der Waals surface area (Å²) in [6.45, 7) is 0. The van der Waals surface area contributed by atoms with Gasteiger partial charge in [0.2, 0.25) is 5.95 Å². The molecule has 7 nitrogen and oxygen atoms in total. The van der Waals surface area contributed by atoms with Gasteiger partial charge in [0.1, 0.15) is 0 Å². The smallest absolute Gasteiger partial charge is 0.351 e. The van der Waals surface area contributed by atoms with Crippen molar-refractivity contribution in [2.75, 3.05) is 5.32 Å². The normalized spacial score (nSPS) is 19.8. The standard InChI is InChI=1S/C32H28BrClF3N5O2S/c33-21-14-12-20(13-15-21)29(32(35,36)37)31(38)16-6-7-22(17-31)40-30-39-18-26(34)28(41-30)25-19-42(27-11-5-4-10-24(25)27)45(43,44)23-8-2-1-3-9-23/h1-5,8-15,18-19,22,29H,6-7,16-17,38H2,(H,39,40,41)/t22?,29-,31?/m1/s1. The Bertz CT molecular complexity index is 1960. The molecule has 1 aliphatic rings. The van der Waals surface area contributed by atoms with Gasteiger partial charge >= 0.3 is 6.18 Å². The zero-order valence-corrected chi connectivity index (χ0v) is 26.8. The number of alkyl halides is 3. The van der Waals surface area contributed by atoms with Crippen LogP contribution in [0.4, 0.5) is 19.1 Å². The maximum Gasteiger partial charge on any atom is 0.397 e. The van der Waals surface area contributed by atoms with Crippen LogP contribution in [0.15, 0.2) is 101 Å². The van der Waals surface area contributed by atoms with Crippen molar-refractivity contribution in [1.82, 2.24) is 13.9 Å². The third-order valence-corrected chi connectivity index (χ3v) is 10.7. The minimum Gasteiger partial charge on any atom is -0.351 e. The van der Waals surface area contributed by atoms with Crippen molar-refractivity contribution in [2.45, 2.75) is 54.3 Å². The van der Waals surface area contributed by atoms with E-state index >= 15 is 0 Å². The molecular formula is C32H28BrClF3N5O2S. The Morgan fingerprint density at radius 1 is 1.04 bits per heavy atom. The molecule has 1 fully saturated rings. The Labute approximate surface area is 271 Å². The number of benzene rings is 3. The van der Waals surface area contributed by atoms with Gasteiger partial charge in [0.15, 0.2) is 0 Å². The van der Waals surface area contributed by atoms with E-state index in [4.69, 9.17) is 17.3 Å². The Morgan fingerprint density at radius 3 is 2.44 bits per heavy atom. The molecule has 6 rings (SSSR count). The number of aromatic nitrogens is 3. The van der Waals surface area contributed by atoms with E-state index in [1.54, 1.807) is 54.6 Å². The van der Waals surface area contributed by atoms with Crippen LogP contribution in [0.1, 0.15) is 37.2 Å². The Kier molecular flexibility index (Phi) is 8.44. The van der Waals surface area contributed by atoms with Gasteiger partial charge in [0.05, 0.1) is 33.2 Å². The average molecular weight is 719 g/mol. The second-order valence-electron chi connectivity index (χ2n) is 11.3. The Morgan fingerprint density at radius 2 is 1.73 bits per heavy atom. The molecule has 2 heterocycles. The van der Waals surface area contributed by atoms with Crippen LogP contribution in [0.3, 0.4) is 0 Å². The molecule has 45 heavy (non-hydrogen) atoms. The van der Waals surface area contributed by atoms with Crippen LogP contribution in [-0.4, -0.2) is 40.1 Å². The van der Waals surface area contributed by atoms with E-state index in [0.29, 0.717) is 33.8 Å². The molecule has 0 radical (unpaired) electrons. The van der Waals surface area contributed by atoms with Crippen molar-refractivity contribution >= 4 is 54.4 Å². The molecule has 3 N–H and O–H groups in total. The number of nitrogens with one attached hydrogen (secondary N) is 1. The number of hydrogen-bond donors (Lipinski definition) is 2. The van der Waals surface area contributed by atoms with Gasteiger partial charge in [-0.05, 0) is 61.6 Å². The fraction of sp³-hybridized carbons (Fsp3) is 0.250. The van der Waals surface area contributed by atoms with E-state index in [-0.39, 0.29) is 40.0 Å². The van der Waals surface area contributed by atoms with Gasteiger partial charge in [-0.3, -0.25) is 0 Å². The summed E-state index contributed by atoms with van der Waals surface area (Å²) in [5, 5.41) is 3.98. The lowest BCUT2D eigenvalue weighted by Crippen LogP contribution is -2.56. The van der Waals surface area contributed by atoms with Gasteiger partial charge in [0, 0.05) is 33.2 Å². The average Bonchev–Trinajstić information content (AvgIpc) is 3.39. The maximum absolute atomic E-state index is 14.5. The van der Waals surface area contributed by atoms with Gasteiger partial charge < -0.3 is 11.1 Å². The molecule has 2 aromatic heterocycles. The van der Waals surface area contributed by atoms with E-state index in [1.165, 1.54) is 40.6 Å². The molecule has 0 aliphatic heterocycles. The molecule has 1 aliphatic carbocycles. The second kappa shape index (κ2) is 12.1. The lowest BCUT2D eigenvalue weighted by atomic mass is 9.69. The summed E-state index contributed by atoms with van der Waals surface area (Å²) in [6, 6.07) is 20.7. The van der Waals surface area contributed by atoms with E-state index in [1.807, 2.05) is 0 Å². The van der Waals surface area contributed by atoms with Crippen molar-refractivity contribution in [1.29, 1.82) is 0 Å². The molecule has 0 bridgehead atoms. The summed E-state index contributed by atoms with van der Waals surface area (Å²) in [4.78, 5) is 9.06. The highest BCUT2D eigenvalue weighted by molar-refractivity contribution is 9.10. The highest BCUT2D eigenvalue weighted by atomic mass is 79.9. The summed E-state index contributed by atoms with van der Waals surface area (Å²) in [5.41, 5.74) is 6.34. The van der Waals surface area contributed by atoms with E-state index in [2.05, 4.69) is 31.2 Å². The predicted octanol–water partition coefficient (Wildman–Crippen LogP) is 8.15. The summed E-state index contributed by atoms with van der Waals surface area (Å²) in [7, 11) is -3.95. The van der Waals surface area contributed by atoms with Crippen LogP contribution >= 0.6 is 27.5 Å². The first-order chi connectivity index (χ1) is 21.4. The van der Waals surface area contributed by atoms with Crippen LogP contribution in [-0.2, 0) is 10.0 Å². The lowest BCUT2D eigenvalue weighted by molar-refractivity contribution is -0.168. The molecule has 13 heteroatoms. The zero-order chi connectivity index (χ0) is 32.0. The molecular weight excluding hydrogens is 691 g/mol. The SMILES string of the molecule is NC1([C@@H](c2ccc(Br)cc2)C(F)(F)F)CCCC(Nc2ncc(Cl)c(-c3cn(S(=O)(=O)c4ccccc4)c4ccccc34)n2)C1. The molecule has 0 spiro atoms. The molecule has 0 saturated heterocycles. The molecule has 0 amide bonds. The molecule has 1 saturated carbocycles. The van der Waals surface area contributed by atoms with Gasteiger partial charge in [0.25, 0.3) is 10.0 Å². The van der Waals surface area contributed by atoms with Gasteiger partial charge in [-0.2, -0.15) is 13.2 Å². The minimum absolute atomic E-state index is 0.0309. The van der Waals surface area contributed by atoms with Gasteiger partial charge in [-0.1, -0.05) is 76.1 Å². The summed E-state index contributed by atoms with van der Waals surface area (Å²) in [5.74, 6) is -1.71. The third-order valence-electron chi connectivity index (χ3n) is 8.24. The fourth-order valence-electron chi connectivity index (χ4n) is 6.28. The first-order valence-corrected chi connectivity index (χ1v) is 16.8. The summed E-state index contributed by atoms with van der Waals surface area (Å²) in [6.07, 6.45) is -0.409. The van der Waals surface area contributed by atoms with Crippen molar-refractivity contribution in [3.05, 3.63) is 106 Å². The van der Waals surface area contributed by atoms with Crippen LogP contribution in [0.2, 0.25) is 5.02 Å². The minimum atomic E-state index is -4.55. The first-order valence-electron chi connectivity index (χ1n) is 14.2. The molecule has 3 atom stereocenters. The van der Waals surface area contributed by atoms with E-state index < -0.39 is 33.7 Å². The number of nitrogens with zero attached hydrogens (tertiary/aromatic N) is 3. The van der Waals surface area contributed by atoms with Crippen molar-refractivity contribution in [3.63, 3.8) is 0 Å². The Hall–Kier alpha value is -3.45. The summed E-state index contributed by atoms with van der Waals surface area (Å²) < 4.78 is 72.6. The molecule has 2 unspecified atom stereocenters. The molecule has 3 aromatic carbocycles. The number of halogens is 5. The fourth-order valence-corrected chi connectivity index (χ4v) is 8.13. The first kappa shape index (κ1) is 31.5. The number of rotatable bonds is 7. The number of hydrogen-bond acceptors (Lipinski definition) is 6. The zero-order valence-electron chi connectivity index (χ0n) is 23.7. The van der Waals surface area contributed by atoms with E-state index in [0.717, 1.165) is 0 Å². The number of anilines is 1. The van der Waals surface area contributed by atoms with Crippen LogP contribution < -0.4 is 11.1 Å². The van der Waals surface area contributed by atoms with Crippen molar-refractivity contribution < 1.29 is 21.6 Å². The van der Waals surface area contributed by atoms with Crippen molar-refractivity contribution in [2.24, 2.45) is 5.73 Å². The topological polar surface area (TPSA) is 103 Å². The van der Waals surface area contributed by atoms with Gasteiger partial charge in [-0.15, -0.1) is 0 Å². The predicted molar refractivity (Wildman–Crippen MR) is 173 cm³/mol. The number of nitrogens with two attached hydrogens (primary N) is 1. The summed E-state index contributed by atoms with van der Waals surface area (Å²) >= 11 is 9.86. The van der Waals surface area contributed by atoms with Crippen LogP contribution in [0.25, 0.3) is 22.2 Å². The lowest BCUT2D eigenvalue weighted by Gasteiger charge is -2.44. The quantitative estimate of drug-likeness (QED) is 0.176. The largest absolute Gasteiger partial charge is 0.397 e. The van der Waals surface area contributed by atoms with Crippen LogP contribution in [0.5, 0.6) is 0 Å². The van der Waals surface area contributed by atoms with Crippen molar-refractivity contribution in [3.8, 4) is 11.3 Å². The van der Waals surface area contributed by atoms with Gasteiger partial charge in [-0.25, -0.2) is 22.4 Å². The number of fused-ring (bicyclic) bond motifs is 1. The third kappa shape index (κ3) is 6.20. The second-order valence-corrected chi connectivity index (χ2v) is 14.4. The van der Waals surface area contributed by atoms with Crippen LogP contribution in [0, 0.1) is 0 Å². The Balaban J connectivity index is 1.33. The molecule has 234 valence electrons. The highest BCUT2D eigenvalue weighted by Gasteiger charge is 2.53. The maximum atomic E-state index is 14.5. The molecule has 5 aromatic rings. The highest BCUT2D eigenvalue weighted by Crippen LogP contribution is 2.48. The monoisotopic (exact) mass is 717 g/mol. The number of para-hydroxylation sites is 1. The van der Waals surface area contributed by atoms with E-state index in [9.17, 15) is 21.6 Å².